The summed E-state index contributed by atoms with van der Waals surface area (Å²) < 4.78 is 0. The molecule has 1 aromatic rings. The van der Waals surface area contributed by atoms with Gasteiger partial charge in [-0.05, 0) is 37.0 Å². The summed E-state index contributed by atoms with van der Waals surface area (Å²) in [5.74, 6) is -1.22. The van der Waals surface area contributed by atoms with Crippen molar-refractivity contribution >= 4 is 34.9 Å². The number of amides is 2. The molecular weight excluding hydrogens is 290 g/mol. The fourth-order valence-corrected chi connectivity index (χ4v) is 4.44. The zero-order chi connectivity index (χ0) is 14.7. The van der Waals surface area contributed by atoms with E-state index in [1.807, 2.05) is 0 Å². The van der Waals surface area contributed by atoms with Crippen molar-refractivity contribution in [1.29, 1.82) is 0 Å². The van der Waals surface area contributed by atoms with Crippen molar-refractivity contribution in [3.8, 4) is 0 Å². The number of carbonyl (C=O) groups is 3. The largest absolute Gasteiger partial charge is 0.299 e. The van der Waals surface area contributed by atoms with Gasteiger partial charge in [0.25, 0.3) is 0 Å². The molecule has 0 aromatic heterocycles. The van der Waals surface area contributed by atoms with Gasteiger partial charge in [0.2, 0.25) is 11.8 Å². The summed E-state index contributed by atoms with van der Waals surface area (Å²) in [4.78, 5) is 38.7. The molecule has 0 N–H and O–H groups in total. The Labute approximate surface area is 127 Å². The normalized spacial score (nSPS) is 34.5. The van der Waals surface area contributed by atoms with Crippen LogP contribution >= 0.6 is 11.6 Å². The van der Waals surface area contributed by atoms with Gasteiger partial charge in [-0.25, -0.2) is 4.90 Å². The number of fused-ring (bicyclic) bond motifs is 2. The van der Waals surface area contributed by atoms with E-state index in [1.54, 1.807) is 24.3 Å². The molecule has 1 saturated heterocycles. The number of rotatable bonds is 1. The first-order valence-corrected chi connectivity index (χ1v) is 7.62. The zero-order valence-electron chi connectivity index (χ0n) is 11.3. The van der Waals surface area contributed by atoms with Crippen LogP contribution in [0, 0.1) is 23.7 Å². The van der Waals surface area contributed by atoms with E-state index in [2.05, 4.69) is 0 Å². The Balaban J connectivity index is 1.77. The Kier molecular flexibility index (Phi) is 2.73. The highest BCUT2D eigenvalue weighted by molar-refractivity contribution is 6.31. The smallest absolute Gasteiger partial charge is 0.238 e. The molecule has 4 fully saturated rings. The molecule has 2 bridgehead atoms. The average molecular weight is 304 g/mol. The maximum atomic E-state index is 12.7. The fourth-order valence-electron chi connectivity index (χ4n) is 4.25. The number of halogens is 1. The van der Waals surface area contributed by atoms with Crippen LogP contribution in [0.25, 0.3) is 0 Å². The molecule has 1 heterocycles. The summed E-state index contributed by atoms with van der Waals surface area (Å²) in [6, 6.07) is 6.76. The minimum absolute atomic E-state index is 0.0353. The third-order valence-electron chi connectivity index (χ3n) is 5.13. The molecule has 3 aliphatic carbocycles. The average Bonchev–Trinajstić information content (AvgIpc) is 2.73. The lowest BCUT2D eigenvalue weighted by Crippen LogP contribution is -2.46. The van der Waals surface area contributed by atoms with Crippen LogP contribution in [0.1, 0.15) is 19.3 Å². The number of hydrogen-bond acceptors (Lipinski definition) is 3. The van der Waals surface area contributed by atoms with Crippen molar-refractivity contribution < 1.29 is 14.4 Å². The number of ketones is 1. The molecule has 4 aliphatic rings. The number of Topliss-reactive ketones (excluding diaryl/α,β-unsaturated/α-hetero) is 1. The fraction of sp³-hybridized carbons (Fsp3) is 0.438. The van der Waals surface area contributed by atoms with Gasteiger partial charge in [0.05, 0.1) is 17.5 Å². The van der Waals surface area contributed by atoms with Crippen molar-refractivity contribution in [3.63, 3.8) is 0 Å². The first kappa shape index (κ1) is 13.0. The quantitative estimate of drug-likeness (QED) is 0.749. The molecule has 4 nitrogen and oxygen atoms in total. The highest BCUT2D eigenvalue weighted by Gasteiger charge is 2.60. The molecule has 4 atom stereocenters. The third kappa shape index (κ3) is 1.72. The van der Waals surface area contributed by atoms with Gasteiger partial charge >= 0.3 is 0 Å². The Hall–Kier alpha value is -1.68. The van der Waals surface area contributed by atoms with E-state index < -0.39 is 5.92 Å². The Bertz CT molecular complexity index is 671. The maximum absolute atomic E-state index is 12.7. The monoisotopic (exact) mass is 303 g/mol. The second-order valence-corrected chi connectivity index (χ2v) is 6.59. The summed E-state index contributed by atoms with van der Waals surface area (Å²) in [7, 11) is 0. The van der Waals surface area contributed by atoms with Crippen molar-refractivity contribution in [1.82, 2.24) is 0 Å². The number of hydrogen-bond donors (Lipinski definition) is 0. The van der Waals surface area contributed by atoms with Gasteiger partial charge in [0, 0.05) is 17.4 Å². The van der Waals surface area contributed by atoms with E-state index >= 15 is 0 Å². The molecule has 0 radical (unpaired) electrons. The molecule has 1 aromatic carbocycles. The predicted octanol–water partition coefficient (Wildman–Crippen LogP) is 2.44. The number of carbonyl (C=O) groups excluding carboxylic acids is 3. The lowest BCUT2D eigenvalue weighted by molar-refractivity contribution is -0.143. The number of anilines is 1. The zero-order valence-corrected chi connectivity index (χ0v) is 12.0. The molecule has 2 amide bonds. The molecule has 0 unspecified atom stereocenters. The van der Waals surface area contributed by atoms with E-state index in [4.69, 9.17) is 11.6 Å². The summed E-state index contributed by atoms with van der Waals surface area (Å²) >= 11 is 5.96. The van der Waals surface area contributed by atoms with Gasteiger partial charge < -0.3 is 0 Å². The Morgan fingerprint density at radius 1 is 1.05 bits per heavy atom. The second kappa shape index (κ2) is 4.41. The Morgan fingerprint density at radius 2 is 1.81 bits per heavy atom. The van der Waals surface area contributed by atoms with Crippen molar-refractivity contribution in [2.24, 2.45) is 23.7 Å². The maximum Gasteiger partial charge on any atom is 0.238 e. The third-order valence-corrected chi connectivity index (χ3v) is 5.37. The van der Waals surface area contributed by atoms with Crippen LogP contribution in [0.4, 0.5) is 5.69 Å². The molecule has 5 heteroatoms. The molecule has 108 valence electrons. The summed E-state index contributed by atoms with van der Waals surface area (Å²) in [5.41, 5.74) is 0.513. The standard InChI is InChI=1S/C16H14ClNO3/c17-9-2-1-3-10(7-9)18-15(20)13-8-4-5-11(12(19)6-8)14(13)16(18)21/h1-3,7-8,11,13-14H,4-6H2/t8-,11+,13+,14-/m0/s1. The number of nitrogens with zero attached hydrogens (tertiary/aromatic N) is 1. The van der Waals surface area contributed by atoms with Crippen molar-refractivity contribution in [3.05, 3.63) is 29.3 Å². The van der Waals surface area contributed by atoms with Gasteiger partial charge in [0.15, 0.2) is 0 Å². The molecular formula is C16H14ClNO3. The van der Waals surface area contributed by atoms with E-state index in [1.165, 1.54) is 4.90 Å². The Morgan fingerprint density at radius 3 is 2.52 bits per heavy atom. The highest BCUT2D eigenvalue weighted by atomic mass is 35.5. The van der Waals surface area contributed by atoms with Crippen LogP contribution in [-0.4, -0.2) is 17.6 Å². The van der Waals surface area contributed by atoms with Crippen LogP contribution in [0.15, 0.2) is 24.3 Å². The first-order valence-electron chi connectivity index (χ1n) is 7.24. The van der Waals surface area contributed by atoms with Gasteiger partial charge in [-0.1, -0.05) is 17.7 Å². The first-order chi connectivity index (χ1) is 10.1. The van der Waals surface area contributed by atoms with Crippen LogP contribution in [0.2, 0.25) is 5.02 Å². The van der Waals surface area contributed by atoms with Crippen LogP contribution in [0.5, 0.6) is 0 Å². The minimum atomic E-state index is -0.448. The van der Waals surface area contributed by atoms with Gasteiger partial charge in [-0.15, -0.1) is 0 Å². The summed E-state index contributed by atoms with van der Waals surface area (Å²) in [6.45, 7) is 0. The van der Waals surface area contributed by atoms with Gasteiger partial charge in [-0.3, -0.25) is 14.4 Å². The number of imide groups is 1. The SMILES string of the molecule is O=C1C[C@@H]2CC[C@H]1[C@@H]1C(=O)N(c3cccc(Cl)c3)C(=O)[C@H]21. The lowest BCUT2D eigenvalue weighted by atomic mass is 9.59. The molecule has 5 rings (SSSR count). The van der Waals surface area contributed by atoms with Crippen LogP contribution < -0.4 is 4.90 Å². The molecule has 3 saturated carbocycles. The highest BCUT2D eigenvalue weighted by Crippen LogP contribution is 2.52. The molecule has 1 aliphatic heterocycles. The predicted molar refractivity (Wildman–Crippen MR) is 76.8 cm³/mol. The van der Waals surface area contributed by atoms with Crippen LogP contribution in [-0.2, 0) is 14.4 Å². The molecule has 21 heavy (non-hydrogen) atoms. The number of benzene rings is 1. The summed E-state index contributed by atoms with van der Waals surface area (Å²) in [5, 5.41) is 0.488. The van der Waals surface area contributed by atoms with E-state index in [-0.39, 0.29) is 35.4 Å². The van der Waals surface area contributed by atoms with E-state index in [0.717, 1.165) is 12.8 Å². The lowest BCUT2D eigenvalue weighted by Gasteiger charge is -2.41. The topological polar surface area (TPSA) is 54.5 Å². The van der Waals surface area contributed by atoms with E-state index in [0.29, 0.717) is 17.1 Å². The minimum Gasteiger partial charge on any atom is -0.299 e. The van der Waals surface area contributed by atoms with Crippen LogP contribution in [0.3, 0.4) is 0 Å². The summed E-state index contributed by atoms with van der Waals surface area (Å²) in [6.07, 6.45) is 2.07. The van der Waals surface area contributed by atoms with Gasteiger partial charge in [-0.2, -0.15) is 0 Å². The van der Waals surface area contributed by atoms with Crippen molar-refractivity contribution in [2.75, 3.05) is 4.90 Å². The van der Waals surface area contributed by atoms with E-state index in [9.17, 15) is 14.4 Å². The van der Waals surface area contributed by atoms with Gasteiger partial charge in [0.1, 0.15) is 5.78 Å². The molecule has 0 spiro atoms. The van der Waals surface area contributed by atoms with Crippen molar-refractivity contribution in [2.45, 2.75) is 19.3 Å². The second-order valence-electron chi connectivity index (χ2n) is 6.16.